The number of allylic oxidation sites excluding steroid dienone is 7. The average Bonchev–Trinajstić information content (AvgIpc) is 0.758. The summed E-state index contributed by atoms with van der Waals surface area (Å²) in [5.41, 5.74) is 18.9. The van der Waals surface area contributed by atoms with E-state index in [1.165, 1.54) is 44.5 Å². The lowest BCUT2D eigenvalue weighted by Crippen LogP contribution is -2.30. The third-order valence-electron chi connectivity index (χ3n) is 16.6. The fourth-order valence-corrected chi connectivity index (χ4v) is 11.0. The van der Waals surface area contributed by atoms with E-state index in [2.05, 4.69) is 155 Å². The summed E-state index contributed by atoms with van der Waals surface area (Å²) < 4.78 is 2.33. The number of Topliss-reactive ketones (excluding diaryl/α,β-unsaturated/α-hetero) is 1. The van der Waals surface area contributed by atoms with Gasteiger partial charge in [-0.15, -0.1) is 0 Å². The van der Waals surface area contributed by atoms with Gasteiger partial charge in [0, 0.05) is 102 Å². The zero-order valence-electron chi connectivity index (χ0n) is 52.1. The molecule has 0 fully saturated rings. The molecule has 9 aromatic rings. The van der Waals surface area contributed by atoms with Crippen LogP contribution < -0.4 is 31.3 Å². The third-order valence-corrected chi connectivity index (χ3v) is 16.6. The molecule has 4 aliphatic heterocycles. The van der Waals surface area contributed by atoms with Crippen LogP contribution in [0, 0.1) is 27.7 Å². The van der Waals surface area contributed by atoms with E-state index in [0.717, 1.165) is 59.8 Å². The summed E-state index contributed by atoms with van der Waals surface area (Å²) >= 11 is 0. The highest BCUT2D eigenvalue weighted by Crippen LogP contribution is 2.38. The maximum absolute atomic E-state index is 13.6. The minimum Gasteiger partial charge on any atom is -0.871 e. The number of carbonyl (C=O) groups excluding carboxylic acids is 5. The molecule has 92 heavy (non-hydrogen) atoms. The summed E-state index contributed by atoms with van der Waals surface area (Å²) in [5.74, 6) is -1.51. The first kappa shape index (κ1) is 62.4. The second kappa shape index (κ2) is 28.9. The fourth-order valence-electron chi connectivity index (χ4n) is 11.0. The van der Waals surface area contributed by atoms with E-state index in [1.807, 2.05) is 97.1 Å². The van der Waals surface area contributed by atoms with Gasteiger partial charge in [0.25, 0.3) is 23.6 Å². The molecule has 4 amide bonds. The van der Waals surface area contributed by atoms with E-state index in [-0.39, 0.29) is 46.3 Å². The van der Waals surface area contributed by atoms with E-state index >= 15 is 0 Å². The number of amides is 4. The number of aryl methyl sites for hydroxylation is 4. The van der Waals surface area contributed by atoms with Gasteiger partial charge in [-0.2, -0.15) is 0 Å². The van der Waals surface area contributed by atoms with Crippen molar-refractivity contribution in [3.8, 4) is 0 Å². The second-order valence-corrected chi connectivity index (χ2v) is 23.7. The number of benzene rings is 9. The predicted octanol–water partition coefficient (Wildman–Crippen LogP) is 12.8. The van der Waals surface area contributed by atoms with Crippen LogP contribution in [0.4, 0.5) is 5.69 Å². The van der Waals surface area contributed by atoms with Gasteiger partial charge in [-0.3, -0.25) is 24.0 Å². The molecule has 0 saturated carbocycles. The summed E-state index contributed by atoms with van der Waals surface area (Å²) in [5, 5.41) is 25.1. The monoisotopic (exact) mass is 1210 g/mol. The van der Waals surface area contributed by atoms with Crippen LogP contribution in [-0.4, -0.2) is 39.7 Å². The molecule has 0 atom stereocenters. The highest BCUT2D eigenvalue weighted by molar-refractivity contribution is 6.39. The Balaban J connectivity index is 0.000000195. The Bertz CT molecular complexity index is 4030. The van der Waals surface area contributed by atoms with Gasteiger partial charge < -0.3 is 31.3 Å². The maximum Gasteiger partial charge on any atom is 0.251 e. The lowest BCUT2D eigenvalue weighted by atomic mass is 9.80. The molecule has 12 heteroatoms. The predicted molar refractivity (Wildman–Crippen MR) is 361 cm³/mol. The topological polar surface area (TPSA) is 163 Å². The quantitative estimate of drug-likeness (QED) is 0.0782. The number of anilines is 1. The fraction of sp³-hybridized carbons (Fsp3) is 0.150. The van der Waals surface area contributed by atoms with Crippen LogP contribution in [0.25, 0.3) is 5.57 Å². The average molecular weight is 1210 g/mol. The van der Waals surface area contributed by atoms with Crippen molar-refractivity contribution in [2.75, 3.05) is 4.90 Å². The smallest absolute Gasteiger partial charge is 0.251 e. The van der Waals surface area contributed by atoms with Gasteiger partial charge in [0.2, 0.25) is 5.71 Å². The summed E-state index contributed by atoms with van der Waals surface area (Å²) in [6.45, 7) is 12.6. The van der Waals surface area contributed by atoms with Crippen LogP contribution in [0.15, 0.2) is 260 Å². The molecule has 6 aliphatic rings. The Labute approximate surface area is 537 Å². The molecular weight excluding hydrogens is 1140 g/mol. The minimum absolute atomic E-state index is 0.196. The molecule has 0 radical (unpaired) electrons. The van der Waals surface area contributed by atoms with Crippen molar-refractivity contribution in [3.05, 3.63) is 354 Å². The zero-order valence-corrected chi connectivity index (χ0v) is 52.1. The molecule has 2 aliphatic carbocycles. The summed E-state index contributed by atoms with van der Waals surface area (Å²) in [6, 6.07) is 70.6. The first-order valence-electron chi connectivity index (χ1n) is 30.9. The van der Waals surface area contributed by atoms with E-state index in [0.29, 0.717) is 59.6 Å². The van der Waals surface area contributed by atoms with Crippen LogP contribution >= 0.6 is 0 Å². The van der Waals surface area contributed by atoms with Gasteiger partial charge >= 0.3 is 0 Å². The van der Waals surface area contributed by atoms with E-state index in [4.69, 9.17) is 0 Å². The van der Waals surface area contributed by atoms with Crippen molar-refractivity contribution in [2.24, 2.45) is 0 Å². The van der Waals surface area contributed by atoms with Gasteiger partial charge in [0.15, 0.2) is 18.9 Å². The summed E-state index contributed by atoms with van der Waals surface area (Å²) in [7, 11) is 0. The zero-order chi connectivity index (χ0) is 64.1. The maximum atomic E-state index is 13.6. The Morgan fingerprint density at radius 1 is 0.370 bits per heavy atom. The molecular formula is C80H72N6O6. The lowest BCUT2D eigenvalue weighted by Gasteiger charge is -2.32. The molecule has 15 rings (SSSR count). The van der Waals surface area contributed by atoms with Crippen molar-refractivity contribution < 1.29 is 33.7 Å². The first-order valence-corrected chi connectivity index (χ1v) is 30.9. The summed E-state index contributed by atoms with van der Waals surface area (Å²) in [4.78, 5) is 66.9. The molecule has 0 saturated heterocycles. The van der Waals surface area contributed by atoms with Crippen molar-refractivity contribution in [3.63, 3.8) is 0 Å². The molecule has 12 nitrogen and oxygen atoms in total. The normalized spacial score (nSPS) is 14.2. The molecule has 458 valence electrons. The molecule has 8 bridgehead atoms. The minimum atomic E-state index is -0.280. The van der Waals surface area contributed by atoms with Crippen molar-refractivity contribution >= 4 is 46.4 Å². The summed E-state index contributed by atoms with van der Waals surface area (Å²) in [6.07, 6.45) is 7.86. The number of ketones is 1. The highest BCUT2D eigenvalue weighted by atomic mass is 16.3. The van der Waals surface area contributed by atoms with Crippen molar-refractivity contribution in [2.45, 2.75) is 80.1 Å². The number of hydrogen-bond donors (Lipinski definition) is 4. The molecule has 4 heterocycles. The molecule has 9 aromatic carbocycles. The standard InChI is InChI=1S/C48H44N2O2.C32H28N4O4/c1-33-5-13-37(14-6-33)29-49(30-38-15-7-34(2)8-16-38)43-25-21-41(22-26-43)45-47(51)46(48(45)52)42-23-27-44(28-24-42)50(31-39-17-9-35(3)10-18-39)32-40-19-11-36(4)12-20-40;37-29-25-3-1-4-26(15-25)30(38)34-18-22-9-13-24(14-10-22)20-36-32(40)28-6-2-5-27(16-28)31(39)35-19-23-11-7-21(8-12-23)17-33-29/h5-28H,29-32H2,1-4H3;1-16H,17-20H2,(H,33,37)(H,34,38)(H,35,39)(H,36,40). The van der Waals surface area contributed by atoms with Crippen LogP contribution in [0.3, 0.4) is 0 Å². The Morgan fingerprint density at radius 3 is 1.02 bits per heavy atom. The van der Waals surface area contributed by atoms with Gasteiger partial charge in [0.1, 0.15) is 0 Å². The lowest BCUT2D eigenvalue weighted by molar-refractivity contribution is -0.558. The van der Waals surface area contributed by atoms with Gasteiger partial charge in [-0.05, 0) is 133 Å². The van der Waals surface area contributed by atoms with Crippen LogP contribution in [-0.2, 0) is 57.2 Å². The number of rotatable bonds is 10. The second-order valence-electron chi connectivity index (χ2n) is 23.7. The molecule has 4 N–H and O–H groups in total. The van der Waals surface area contributed by atoms with E-state index in [9.17, 15) is 29.1 Å². The van der Waals surface area contributed by atoms with E-state index < -0.39 is 0 Å². The van der Waals surface area contributed by atoms with Gasteiger partial charge in [-0.25, -0.2) is 4.58 Å². The van der Waals surface area contributed by atoms with Crippen LogP contribution in [0.1, 0.15) is 114 Å². The number of nitrogens with zero attached hydrogens (tertiary/aromatic N) is 2. The Morgan fingerprint density at radius 2 is 0.696 bits per heavy atom. The van der Waals surface area contributed by atoms with Gasteiger partial charge in [-0.1, -0.05) is 198 Å². The van der Waals surface area contributed by atoms with Crippen molar-refractivity contribution in [1.29, 1.82) is 0 Å². The number of hydrogen-bond acceptors (Lipinski definition) is 7. The Hall–Kier alpha value is -11.2. The van der Waals surface area contributed by atoms with E-state index in [1.54, 1.807) is 48.5 Å². The SMILES string of the molecule is Cc1ccc(CN(Cc2ccc(C)cc2)c2ccc(C3=C([O-])C(=C4C=CC(=[N+](Cc5ccc(C)cc5)Cc5ccc(C)cc5)C=C4)C3=O)cc2)cc1.O=C1NCc2ccc(cc2)CNC(=O)c2cccc(c2)C(=O)NCc2ccc(cc2)CNC(=O)c2cccc1c2. The first-order chi connectivity index (χ1) is 44.6. The van der Waals surface area contributed by atoms with Crippen LogP contribution in [0.5, 0.6) is 0 Å². The number of carbonyl (C=O) groups is 5. The van der Waals surface area contributed by atoms with Gasteiger partial charge in [0.05, 0.1) is 0 Å². The largest absolute Gasteiger partial charge is 0.871 e. The molecule has 0 spiro atoms. The highest BCUT2D eigenvalue weighted by Gasteiger charge is 2.31. The third kappa shape index (κ3) is 16.0. The molecule has 0 unspecified atom stereocenters. The van der Waals surface area contributed by atoms with Crippen LogP contribution in [0.2, 0.25) is 0 Å². The number of nitrogens with one attached hydrogen (secondary N) is 4. The Kier molecular flexibility index (Phi) is 19.6. The van der Waals surface area contributed by atoms with Crippen molar-refractivity contribution in [1.82, 2.24) is 21.3 Å². The molecule has 0 aromatic heterocycles.